The summed E-state index contributed by atoms with van der Waals surface area (Å²) in [4.78, 5) is 0. The van der Waals surface area contributed by atoms with Gasteiger partial charge in [0, 0.05) is 11.9 Å². The lowest BCUT2D eigenvalue weighted by atomic mass is 9.89. The Labute approximate surface area is 125 Å². The largest absolute Gasteiger partial charge is 0.250 e. The Morgan fingerprint density at radius 2 is 2.06 bits per heavy atom. The molecule has 0 radical (unpaired) electrons. The van der Waals surface area contributed by atoms with Gasteiger partial charge in [-0.3, -0.25) is 0 Å². The molecule has 102 valence electrons. The number of thiophene rings is 1. The maximum atomic E-state index is 12.1. The van der Waals surface area contributed by atoms with Gasteiger partial charge in [0.2, 0.25) is 10.0 Å². The Morgan fingerprint density at radius 1 is 1.39 bits per heavy atom. The van der Waals surface area contributed by atoms with Crippen molar-refractivity contribution in [3.63, 3.8) is 0 Å². The normalized spacial score (nSPS) is 19.2. The van der Waals surface area contributed by atoms with Crippen molar-refractivity contribution >= 4 is 48.9 Å². The lowest BCUT2D eigenvalue weighted by Gasteiger charge is -2.26. The molecule has 1 fully saturated rings. The molecule has 0 atom stereocenters. The van der Waals surface area contributed by atoms with Crippen LogP contribution in [0.25, 0.3) is 0 Å². The van der Waals surface area contributed by atoms with Gasteiger partial charge in [0.1, 0.15) is 4.21 Å². The van der Waals surface area contributed by atoms with Gasteiger partial charge >= 0.3 is 0 Å². The molecule has 7 heteroatoms. The molecule has 1 N–H and O–H groups in total. The third-order valence-electron chi connectivity index (χ3n) is 3.40. The van der Waals surface area contributed by atoms with Gasteiger partial charge in [0.05, 0.1) is 4.34 Å². The van der Waals surface area contributed by atoms with Gasteiger partial charge in [0.25, 0.3) is 0 Å². The molecule has 0 bridgehead atoms. The topological polar surface area (TPSA) is 46.2 Å². The Balaban J connectivity index is 2.05. The van der Waals surface area contributed by atoms with E-state index in [0.29, 0.717) is 10.9 Å². The summed E-state index contributed by atoms with van der Waals surface area (Å²) in [5, 5.41) is 0.841. The molecule has 1 aromatic rings. The average molecular weight is 373 g/mol. The number of hydrogen-bond acceptors (Lipinski definition) is 3. The van der Waals surface area contributed by atoms with Crippen molar-refractivity contribution in [1.29, 1.82) is 0 Å². The summed E-state index contributed by atoms with van der Waals surface area (Å²) >= 11 is 10.4. The van der Waals surface area contributed by atoms with E-state index in [1.54, 1.807) is 12.1 Å². The van der Waals surface area contributed by atoms with Crippen LogP contribution in [0.4, 0.5) is 0 Å². The van der Waals surface area contributed by atoms with E-state index < -0.39 is 10.0 Å². The van der Waals surface area contributed by atoms with Crippen molar-refractivity contribution in [2.75, 3.05) is 11.9 Å². The predicted molar refractivity (Wildman–Crippen MR) is 79.2 cm³/mol. The van der Waals surface area contributed by atoms with Crippen LogP contribution in [0.1, 0.15) is 25.7 Å². The Hall–Kier alpha value is 0.380. The maximum Gasteiger partial charge on any atom is 0.250 e. The van der Waals surface area contributed by atoms with Crippen LogP contribution in [0.15, 0.2) is 16.3 Å². The molecule has 0 amide bonds. The SMILES string of the molecule is O=S(=O)(NCC1(CBr)CCCC1)c1ccc(Cl)s1. The fourth-order valence-electron chi connectivity index (χ4n) is 2.24. The molecule has 0 aromatic carbocycles. The monoisotopic (exact) mass is 371 g/mol. The quantitative estimate of drug-likeness (QED) is 0.802. The molecule has 3 nitrogen and oxygen atoms in total. The predicted octanol–water partition coefficient (Wildman–Crippen LogP) is 3.64. The minimum atomic E-state index is -3.41. The Kier molecular flexibility index (Phi) is 4.75. The molecular formula is C11H15BrClNO2S2. The molecule has 1 saturated carbocycles. The van der Waals surface area contributed by atoms with Gasteiger partial charge in [-0.15, -0.1) is 11.3 Å². The molecule has 1 aliphatic rings. The van der Waals surface area contributed by atoms with E-state index in [0.717, 1.165) is 29.5 Å². The molecule has 2 rings (SSSR count). The molecular weight excluding hydrogens is 358 g/mol. The van der Waals surface area contributed by atoms with Gasteiger partial charge in [0.15, 0.2) is 0 Å². The molecule has 1 aromatic heterocycles. The van der Waals surface area contributed by atoms with Crippen molar-refractivity contribution in [1.82, 2.24) is 4.72 Å². The Bertz CT molecular complexity index is 509. The summed E-state index contributed by atoms with van der Waals surface area (Å²) in [6, 6.07) is 3.15. The van der Waals surface area contributed by atoms with Crippen molar-refractivity contribution in [2.45, 2.75) is 29.9 Å². The van der Waals surface area contributed by atoms with Crippen LogP contribution in [0.3, 0.4) is 0 Å². The smallest absolute Gasteiger partial charge is 0.210 e. The van der Waals surface area contributed by atoms with E-state index >= 15 is 0 Å². The standard InChI is InChI=1S/C11H15BrClNO2S2/c12-7-11(5-1-2-6-11)8-14-18(15,16)10-4-3-9(13)17-10/h3-4,14H,1-2,5-8H2. The number of hydrogen-bond donors (Lipinski definition) is 1. The number of halogens is 2. The minimum absolute atomic E-state index is 0.0775. The fraction of sp³-hybridized carbons (Fsp3) is 0.636. The van der Waals surface area contributed by atoms with Gasteiger partial charge in [-0.2, -0.15) is 0 Å². The molecule has 0 saturated heterocycles. The summed E-state index contributed by atoms with van der Waals surface area (Å²) in [5.74, 6) is 0. The highest BCUT2D eigenvalue weighted by Gasteiger charge is 2.34. The van der Waals surface area contributed by atoms with E-state index in [9.17, 15) is 8.42 Å². The molecule has 1 heterocycles. The minimum Gasteiger partial charge on any atom is -0.210 e. The van der Waals surface area contributed by atoms with Crippen molar-refractivity contribution in [3.8, 4) is 0 Å². The third-order valence-corrected chi connectivity index (χ3v) is 7.71. The zero-order valence-electron chi connectivity index (χ0n) is 9.79. The highest BCUT2D eigenvalue weighted by molar-refractivity contribution is 9.09. The lowest BCUT2D eigenvalue weighted by Crippen LogP contribution is -2.36. The van der Waals surface area contributed by atoms with Crippen molar-refractivity contribution in [3.05, 3.63) is 16.5 Å². The second-order valence-corrected chi connectivity index (χ2v) is 8.99. The Morgan fingerprint density at radius 3 is 2.56 bits per heavy atom. The van der Waals surface area contributed by atoms with Crippen LogP contribution in [-0.2, 0) is 10.0 Å². The maximum absolute atomic E-state index is 12.1. The zero-order valence-corrected chi connectivity index (χ0v) is 13.8. The fourth-order valence-corrected chi connectivity index (χ4v) is 5.69. The summed E-state index contributed by atoms with van der Waals surface area (Å²) in [5.41, 5.74) is 0.0775. The van der Waals surface area contributed by atoms with Crippen molar-refractivity contribution in [2.24, 2.45) is 5.41 Å². The van der Waals surface area contributed by atoms with Gasteiger partial charge in [-0.05, 0) is 30.4 Å². The summed E-state index contributed by atoms with van der Waals surface area (Å²) < 4.78 is 27.7. The van der Waals surface area contributed by atoms with Gasteiger partial charge in [-0.25, -0.2) is 13.1 Å². The number of nitrogens with one attached hydrogen (secondary N) is 1. The van der Waals surface area contributed by atoms with Gasteiger partial charge in [-0.1, -0.05) is 40.4 Å². The van der Waals surface area contributed by atoms with Crippen LogP contribution >= 0.6 is 38.9 Å². The first kappa shape index (κ1) is 14.8. The van der Waals surface area contributed by atoms with Gasteiger partial charge < -0.3 is 0 Å². The molecule has 1 aliphatic carbocycles. The van der Waals surface area contributed by atoms with Crippen LogP contribution < -0.4 is 4.72 Å². The molecule has 0 aliphatic heterocycles. The summed E-state index contributed by atoms with van der Waals surface area (Å²) in [6.45, 7) is 0.496. The van der Waals surface area contributed by atoms with E-state index in [2.05, 4.69) is 20.7 Å². The van der Waals surface area contributed by atoms with E-state index in [1.807, 2.05) is 0 Å². The first-order chi connectivity index (χ1) is 8.47. The average Bonchev–Trinajstić information content (AvgIpc) is 2.96. The highest BCUT2D eigenvalue weighted by atomic mass is 79.9. The number of rotatable bonds is 5. The zero-order chi connectivity index (χ0) is 13.2. The van der Waals surface area contributed by atoms with Crippen LogP contribution in [-0.4, -0.2) is 20.3 Å². The molecule has 18 heavy (non-hydrogen) atoms. The molecule has 0 unspecified atom stereocenters. The third kappa shape index (κ3) is 3.28. The number of alkyl halides is 1. The first-order valence-corrected chi connectivity index (χ1v) is 9.58. The first-order valence-electron chi connectivity index (χ1n) is 5.78. The van der Waals surface area contributed by atoms with Crippen LogP contribution in [0.2, 0.25) is 4.34 Å². The summed E-state index contributed by atoms with van der Waals surface area (Å²) in [6.07, 6.45) is 4.51. The van der Waals surface area contributed by atoms with E-state index in [4.69, 9.17) is 11.6 Å². The second kappa shape index (κ2) is 5.79. The summed E-state index contributed by atoms with van der Waals surface area (Å²) in [7, 11) is -3.41. The van der Waals surface area contributed by atoms with Crippen LogP contribution in [0.5, 0.6) is 0 Å². The second-order valence-electron chi connectivity index (χ2n) is 4.72. The highest BCUT2D eigenvalue weighted by Crippen LogP contribution is 2.39. The lowest BCUT2D eigenvalue weighted by molar-refractivity contribution is 0.348. The molecule has 0 spiro atoms. The van der Waals surface area contributed by atoms with Crippen molar-refractivity contribution < 1.29 is 8.42 Å². The van der Waals surface area contributed by atoms with E-state index in [-0.39, 0.29) is 9.62 Å². The van der Waals surface area contributed by atoms with Crippen LogP contribution in [0, 0.1) is 5.41 Å². The number of sulfonamides is 1. The van der Waals surface area contributed by atoms with E-state index in [1.165, 1.54) is 12.8 Å².